The molecule has 43 heavy (non-hydrogen) atoms. The van der Waals surface area contributed by atoms with E-state index in [0.29, 0.717) is 22.5 Å². The molecule has 4 aromatic rings. The van der Waals surface area contributed by atoms with Crippen molar-refractivity contribution in [1.82, 2.24) is 10.6 Å². The number of rotatable bonds is 7. The Morgan fingerprint density at radius 1 is 0.907 bits per heavy atom. The molecule has 0 aromatic heterocycles. The SMILES string of the molecule is CN[C@@H](C)C(=O)N[C@H]1CN(C(=O)c2ccc(C(=O)OC)cc2)c2ccccc2N(Cc2c(C)ccc3ccccc23)C1=O. The second-order valence-corrected chi connectivity index (χ2v) is 10.6. The standard InChI is InChI=1S/C34H34N4O5/c1-21-13-14-23-9-5-6-10-26(23)27(21)19-37-29-11-7-8-12-30(29)38(20-28(33(37)41)36-31(39)22(2)35-3)32(40)24-15-17-25(18-16-24)34(42)43-4/h5-18,22,28,35H,19-20H2,1-4H3,(H,36,39)/t22-,28-/m0/s1. The Balaban J connectivity index is 1.61. The van der Waals surface area contributed by atoms with E-state index in [4.69, 9.17) is 4.74 Å². The van der Waals surface area contributed by atoms with Gasteiger partial charge < -0.3 is 25.2 Å². The quantitative estimate of drug-likeness (QED) is 0.318. The summed E-state index contributed by atoms with van der Waals surface area (Å²) in [5, 5.41) is 7.87. The summed E-state index contributed by atoms with van der Waals surface area (Å²) >= 11 is 0. The number of carbonyl (C=O) groups excluding carboxylic acids is 4. The fraction of sp³-hybridized carbons (Fsp3) is 0.235. The molecule has 0 fully saturated rings. The lowest BCUT2D eigenvalue weighted by molar-refractivity contribution is -0.128. The van der Waals surface area contributed by atoms with E-state index in [1.54, 1.807) is 37.1 Å². The number of amides is 3. The van der Waals surface area contributed by atoms with E-state index >= 15 is 0 Å². The number of benzene rings is 4. The first-order chi connectivity index (χ1) is 20.7. The molecule has 2 atom stereocenters. The van der Waals surface area contributed by atoms with E-state index < -0.39 is 18.1 Å². The number of esters is 1. The van der Waals surface area contributed by atoms with Gasteiger partial charge in [-0.1, -0.05) is 48.5 Å². The third-order valence-corrected chi connectivity index (χ3v) is 7.92. The van der Waals surface area contributed by atoms with Gasteiger partial charge in [0.2, 0.25) is 5.91 Å². The lowest BCUT2D eigenvalue weighted by Gasteiger charge is -2.27. The molecule has 0 spiro atoms. The number of carbonyl (C=O) groups is 4. The summed E-state index contributed by atoms with van der Waals surface area (Å²) in [6.45, 7) is 3.87. The molecule has 3 amide bonds. The van der Waals surface area contributed by atoms with E-state index in [-0.39, 0.29) is 30.8 Å². The average molecular weight is 579 g/mol. The fourth-order valence-corrected chi connectivity index (χ4v) is 5.31. The Labute approximate surface area is 250 Å². The van der Waals surface area contributed by atoms with Crippen LogP contribution < -0.4 is 20.4 Å². The Bertz CT molecular complexity index is 1700. The lowest BCUT2D eigenvalue weighted by atomic mass is 9.99. The van der Waals surface area contributed by atoms with Crippen LogP contribution in [-0.2, 0) is 20.9 Å². The highest BCUT2D eigenvalue weighted by molar-refractivity contribution is 6.13. The van der Waals surface area contributed by atoms with Crippen LogP contribution in [0, 0.1) is 6.92 Å². The van der Waals surface area contributed by atoms with Crippen LogP contribution in [-0.4, -0.2) is 56.5 Å². The number of aryl methyl sites for hydroxylation is 1. The van der Waals surface area contributed by atoms with Crippen LogP contribution in [0.1, 0.15) is 38.8 Å². The normalized spacial score (nSPS) is 15.4. The molecule has 0 saturated heterocycles. The van der Waals surface area contributed by atoms with E-state index in [2.05, 4.69) is 16.7 Å². The van der Waals surface area contributed by atoms with Crippen molar-refractivity contribution in [2.24, 2.45) is 0 Å². The highest BCUT2D eigenvalue weighted by Gasteiger charge is 2.38. The van der Waals surface area contributed by atoms with Crippen LogP contribution in [0.25, 0.3) is 10.8 Å². The van der Waals surface area contributed by atoms with Gasteiger partial charge in [-0.15, -0.1) is 0 Å². The maximum absolute atomic E-state index is 14.4. The number of anilines is 2. The van der Waals surface area contributed by atoms with Crippen LogP contribution in [0.5, 0.6) is 0 Å². The van der Waals surface area contributed by atoms with E-state index in [1.807, 2.05) is 55.5 Å². The maximum atomic E-state index is 14.4. The predicted octanol–water partition coefficient (Wildman–Crippen LogP) is 4.22. The topological polar surface area (TPSA) is 108 Å². The van der Waals surface area contributed by atoms with Gasteiger partial charge in [0.1, 0.15) is 6.04 Å². The van der Waals surface area contributed by atoms with E-state index in [9.17, 15) is 19.2 Å². The smallest absolute Gasteiger partial charge is 0.337 e. The number of likely N-dealkylation sites (N-methyl/N-ethyl adjacent to an activating group) is 1. The zero-order valence-electron chi connectivity index (χ0n) is 24.6. The van der Waals surface area contributed by atoms with Crippen molar-refractivity contribution in [1.29, 1.82) is 0 Å². The van der Waals surface area contributed by atoms with Gasteiger partial charge in [-0.3, -0.25) is 14.4 Å². The fourth-order valence-electron chi connectivity index (χ4n) is 5.31. The molecular formula is C34H34N4O5. The minimum Gasteiger partial charge on any atom is -0.465 e. The van der Waals surface area contributed by atoms with E-state index in [1.165, 1.54) is 24.1 Å². The molecule has 1 aliphatic rings. The zero-order valence-corrected chi connectivity index (χ0v) is 24.6. The first kappa shape index (κ1) is 29.5. The van der Waals surface area contributed by atoms with Crippen LogP contribution >= 0.6 is 0 Å². The number of nitrogens with zero attached hydrogens (tertiary/aromatic N) is 2. The zero-order chi connectivity index (χ0) is 30.7. The van der Waals surface area contributed by atoms with Gasteiger partial charge in [0.15, 0.2) is 0 Å². The van der Waals surface area contributed by atoms with Gasteiger partial charge >= 0.3 is 5.97 Å². The number of methoxy groups -OCH3 is 1. The number of fused-ring (bicyclic) bond motifs is 2. The minimum atomic E-state index is -1.02. The molecule has 1 heterocycles. The van der Waals surface area contributed by atoms with Crippen LogP contribution in [0.3, 0.4) is 0 Å². The summed E-state index contributed by atoms with van der Waals surface area (Å²) in [4.78, 5) is 56.6. The number of nitrogens with one attached hydrogen (secondary N) is 2. The van der Waals surface area contributed by atoms with E-state index in [0.717, 1.165) is 21.9 Å². The summed E-state index contributed by atoms with van der Waals surface area (Å²) < 4.78 is 4.78. The number of ether oxygens (including phenoxy) is 1. The summed E-state index contributed by atoms with van der Waals surface area (Å²) in [5.41, 5.74) is 3.73. The van der Waals surface area contributed by atoms with Crippen molar-refractivity contribution in [2.75, 3.05) is 30.5 Å². The maximum Gasteiger partial charge on any atom is 0.337 e. The third kappa shape index (κ3) is 5.85. The number of hydrogen-bond acceptors (Lipinski definition) is 6. The highest BCUT2D eigenvalue weighted by atomic mass is 16.5. The molecule has 0 unspecified atom stereocenters. The summed E-state index contributed by atoms with van der Waals surface area (Å²) in [7, 11) is 2.96. The monoisotopic (exact) mass is 578 g/mol. The molecule has 9 nitrogen and oxygen atoms in total. The first-order valence-electron chi connectivity index (χ1n) is 14.1. The van der Waals surface area contributed by atoms with Gasteiger partial charge in [-0.25, -0.2) is 4.79 Å². The minimum absolute atomic E-state index is 0.0827. The highest BCUT2D eigenvalue weighted by Crippen LogP contribution is 2.36. The summed E-state index contributed by atoms with van der Waals surface area (Å²) in [5.74, 6) is -1.57. The first-order valence-corrected chi connectivity index (χ1v) is 14.1. The molecule has 0 aliphatic carbocycles. The molecule has 0 radical (unpaired) electrons. The molecule has 0 bridgehead atoms. The van der Waals surface area contributed by atoms with Gasteiger partial charge in [0.25, 0.3) is 11.8 Å². The van der Waals surface area contributed by atoms with Gasteiger partial charge in [-0.05, 0) is 79.2 Å². The summed E-state index contributed by atoms with van der Waals surface area (Å²) in [6.07, 6.45) is 0. The molecule has 2 N–H and O–H groups in total. The van der Waals surface area contributed by atoms with Crippen LogP contribution in [0.4, 0.5) is 11.4 Å². The van der Waals surface area contributed by atoms with Crippen LogP contribution in [0.2, 0.25) is 0 Å². The van der Waals surface area contributed by atoms with Gasteiger partial charge in [-0.2, -0.15) is 0 Å². The van der Waals surface area contributed by atoms with Gasteiger partial charge in [0.05, 0.1) is 43.2 Å². The van der Waals surface area contributed by atoms with Crippen molar-refractivity contribution in [3.63, 3.8) is 0 Å². The second-order valence-electron chi connectivity index (χ2n) is 10.6. The van der Waals surface area contributed by atoms with Crippen molar-refractivity contribution in [3.05, 3.63) is 107 Å². The molecule has 220 valence electrons. The molecule has 4 aromatic carbocycles. The Morgan fingerprint density at radius 2 is 1.56 bits per heavy atom. The Morgan fingerprint density at radius 3 is 2.26 bits per heavy atom. The molecule has 0 saturated carbocycles. The molecular weight excluding hydrogens is 544 g/mol. The number of hydrogen-bond donors (Lipinski definition) is 2. The van der Waals surface area contributed by atoms with Crippen molar-refractivity contribution >= 4 is 45.8 Å². The Kier molecular flexibility index (Phi) is 8.54. The largest absolute Gasteiger partial charge is 0.465 e. The second kappa shape index (κ2) is 12.5. The average Bonchev–Trinajstić information content (AvgIpc) is 3.15. The molecule has 1 aliphatic heterocycles. The lowest BCUT2D eigenvalue weighted by Crippen LogP contribution is -2.55. The van der Waals surface area contributed by atoms with Crippen molar-refractivity contribution in [2.45, 2.75) is 32.5 Å². The van der Waals surface area contributed by atoms with Crippen LogP contribution in [0.15, 0.2) is 84.9 Å². The predicted molar refractivity (Wildman–Crippen MR) is 166 cm³/mol. The third-order valence-electron chi connectivity index (χ3n) is 7.92. The summed E-state index contributed by atoms with van der Waals surface area (Å²) in [6, 6.07) is 23.9. The van der Waals surface area contributed by atoms with Crippen molar-refractivity contribution in [3.8, 4) is 0 Å². The number of para-hydroxylation sites is 2. The van der Waals surface area contributed by atoms with Gasteiger partial charge in [0, 0.05) is 5.56 Å². The molecule has 5 rings (SSSR count). The van der Waals surface area contributed by atoms with Crippen molar-refractivity contribution < 1.29 is 23.9 Å². The molecule has 9 heteroatoms. The Hall–Kier alpha value is -5.02.